The molecule has 1 aliphatic rings. The summed E-state index contributed by atoms with van der Waals surface area (Å²) in [4.78, 5) is 0. The summed E-state index contributed by atoms with van der Waals surface area (Å²) in [5.41, 5.74) is 3.57. The molecule has 0 radical (unpaired) electrons. The fourth-order valence-corrected chi connectivity index (χ4v) is 2.38. The molecule has 0 amide bonds. The van der Waals surface area contributed by atoms with Crippen molar-refractivity contribution >= 4 is 0 Å². The summed E-state index contributed by atoms with van der Waals surface area (Å²) in [5.74, 6) is 0.356. The molecule has 1 saturated heterocycles. The molecule has 1 aromatic rings. The van der Waals surface area contributed by atoms with Crippen LogP contribution in [0.3, 0.4) is 0 Å². The zero-order chi connectivity index (χ0) is 11.5. The highest BCUT2D eigenvalue weighted by atomic mass is 16.5. The van der Waals surface area contributed by atoms with Crippen LogP contribution in [-0.2, 0) is 4.74 Å². The van der Waals surface area contributed by atoms with E-state index in [1.165, 1.54) is 11.1 Å². The third-order valence-electron chi connectivity index (χ3n) is 3.68. The molecule has 0 spiro atoms. The van der Waals surface area contributed by atoms with Crippen molar-refractivity contribution in [3.63, 3.8) is 0 Å². The Morgan fingerprint density at radius 2 is 1.94 bits per heavy atom. The van der Waals surface area contributed by atoms with Gasteiger partial charge in [0.25, 0.3) is 0 Å². The second-order valence-electron chi connectivity index (χ2n) is 4.68. The van der Waals surface area contributed by atoms with E-state index >= 15 is 0 Å². The summed E-state index contributed by atoms with van der Waals surface area (Å²) in [5, 5.41) is 10.4. The van der Waals surface area contributed by atoms with E-state index in [1.54, 1.807) is 0 Å². The third kappa shape index (κ3) is 2.28. The maximum Gasteiger partial charge on any atom is 0.0822 e. The number of aliphatic hydroxyl groups excluding tert-OH is 1. The summed E-state index contributed by atoms with van der Waals surface area (Å²) < 4.78 is 5.33. The minimum absolute atomic E-state index is 0.330. The first-order valence-corrected chi connectivity index (χ1v) is 6.02. The van der Waals surface area contributed by atoms with Crippen molar-refractivity contribution in [1.82, 2.24) is 0 Å². The van der Waals surface area contributed by atoms with Crippen LogP contribution in [0.15, 0.2) is 18.2 Å². The van der Waals surface area contributed by atoms with Gasteiger partial charge in [0.05, 0.1) is 6.10 Å². The molecule has 1 atom stereocenters. The van der Waals surface area contributed by atoms with Gasteiger partial charge < -0.3 is 9.84 Å². The van der Waals surface area contributed by atoms with E-state index in [1.807, 2.05) is 12.1 Å². The summed E-state index contributed by atoms with van der Waals surface area (Å²) in [6, 6.07) is 6.16. The van der Waals surface area contributed by atoms with E-state index < -0.39 is 0 Å². The highest BCUT2D eigenvalue weighted by molar-refractivity contribution is 5.34. The molecule has 1 aromatic carbocycles. The summed E-state index contributed by atoms with van der Waals surface area (Å²) in [6.45, 7) is 5.75. The molecule has 2 rings (SSSR count). The first-order valence-electron chi connectivity index (χ1n) is 6.02. The maximum absolute atomic E-state index is 10.4. The number of aliphatic hydroxyl groups is 1. The van der Waals surface area contributed by atoms with Crippen molar-refractivity contribution in [1.29, 1.82) is 0 Å². The average molecular weight is 220 g/mol. The zero-order valence-corrected chi connectivity index (χ0v) is 10.1. The van der Waals surface area contributed by atoms with E-state index in [4.69, 9.17) is 4.74 Å². The monoisotopic (exact) mass is 220 g/mol. The number of aryl methyl sites for hydroxylation is 1. The fourth-order valence-electron chi connectivity index (χ4n) is 2.38. The van der Waals surface area contributed by atoms with Crippen LogP contribution in [-0.4, -0.2) is 18.3 Å². The van der Waals surface area contributed by atoms with E-state index in [2.05, 4.69) is 19.9 Å². The van der Waals surface area contributed by atoms with Gasteiger partial charge in [-0.15, -0.1) is 0 Å². The van der Waals surface area contributed by atoms with Crippen LogP contribution in [0.1, 0.15) is 35.6 Å². The minimum atomic E-state index is -0.330. The SMILES string of the molecule is Cc1cccc(C(O)C2CCOCC2)c1C. The molecule has 1 N–H and O–H groups in total. The Morgan fingerprint density at radius 1 is 1.25 bits per heavy atom. The number of benzene rings is 1. The standard InChI is InChI=1S/C14H20O2/c1-10-4-3-5-13(11(10)2)14(15)12-6-8-16-9-7-12/h3-5,12,14-15H,6-9H2,1-2H3. The topological polar surface area (TPSA) is 29.5 Å². The van der Waals surface area contributed by atoms with Crippen LogP contribution in [0.25, 0.3) is 0 Å². The summed E-state index contributed by atoms with van der Waals surface area (Å²) >= 11 is 0. The second-order valence-corrected chi connectivity index (χ2v) is 4.68. The molecule has 1 fully saturated rings. The van der Waals surface area contributed by atoms with Crippen molar-refractivity contribution in [2.45, 2.75) is 32.8 Å². The van der Waals surface area contributed by atoms with Crippen molar-refractivity contribution < 1.29 is 9.84 Å². The minimum Gasteiger partial charge on any atom is -0.388 e. The molecular weight excluding hydrogens is 200 g/mol. The number of ether oxygens (including phenoxy) is 1. The first kappa shape index (κ1) is 11.6. The molecule has 2 heteroatoms. The summed E-state index contributed by atoms with van der Waals surface area (Å²) in [7, 11) is 0. The van der Waals surface area contributed by atoms with Crippen LogP contribution in [0.2, 0.25) is 0 Å². The van der Waals surface area contributed by atoms with Gasteiger partial charge in [0.1, 0.15) is 0 Å². The van der Waals surface area contributed by atoms with Gasteiger partial charge in [0.15, 0.2) is 0 Å². The Morgan fingerprint density at radius 3 is 2.62 bits per heavy atom. The van der Waals surface area contributed by atoms with Gasteiger partial charge in [0.2, 0.25) is 0 Å². The van der Waals surface area contributed by atoms with Gasteiger partial charge in [-0.05, 0) is 49.3 Å². The van der Waals surface area contributed by atoms with Crippen LogP contribution in [0.4, 0.5) is 0 Å². The Bertz CT molecular complexity index is 354. The van der Waals surface area contributed by atoms with Gasteiger partial charge >= 0.3 is 0 Å². The van der Waals surface area contributed by atoms with E-state index in [9.17, 15) is 5.11 Å². The second kappa shape index (κ2) is 4.98. The Balaban J connectivity index is 2.19. The predicted molar refractivity (Wildman–Crippen MR) is 64.4 cm³/mol. The van der Waals surface area contributed by atoms with Gasteiger partial charge in [-0.25, -0.2) is 0 Å². The van der Waals surface area contributed by atoms with Gasteiger partial charge in [0, 0.05) is 13.2 Å². The van der Waals surface area contributed by atoms with Crippen molar-refractivity contribution in [3.8, 4) is 0 Å². The van der Waals surface area contributed by atoms with Gasteiger partial charge in [-0.1, -0.05) is 18.2 Å². The molecular formula is C14H20O2. The molecule has 1 heterocycles. The molecule has 0 saturated carbocycles. The first-order chi connectivity index (χ1) is 7.70. The molecule has 0 bridgehead atoms. The van der Waals surface area contributed by atoms with E-state index in [-0.39, 0.29) is 6.10 Å². The lowest BCUT2D eigenvalue weighted by molar-refractivity contribution is 0.00694. The van der Waals surface area contributed by atoms with Crippen LogP contribution in [0, 0.1) is 19.8 Å². The van der Waals surface area contributed by atoms with Crippen molar-refractivity contribution in [3.05, 3.63) is 34.9 Å². The number of hydrogen-bond donors (Lipinski definition) is 1. The predicted octanol–water partition coefficient (Wildman–Crippen LogP) is 2.76. The van der Waals surface area contributed by atoms with Gasteiger partial charge in [-0.2, -0.15) is 0 Å². The highest BCUT2D eigenvalue weighted by Gasteiger charge is 2.24. The quantitative estimate of drug-likeness (QED) is 0.830. The van der Waals surface area contributed by atoms with Gasteiger partial charge in [-0.3, -0.25) is 0 Å². The molecule has 0 aromatic heterocycles. The summed E-state index contributed by atoms with van der Waals surface area (Å²) in [6.07, 6.45) is 1.60. The maximum atomic E-state index is 10.4. The lowest BCUT2D eigenvalue weighted by Gasteiger charge is -2.28. The van der Waals surface area contributed by atoms with Crippen LogP contribution in [0.5, 0.6) is 0 Å². The molecule has 0 aliphatic carbocycles. The lowest BCUT2D eigenvalue weighted by Crippen LogP contribution is -2.22. The van der Waals surface area contributed by atoms with E-state index in [0.29, 0.717) is 5.92 Å². The molecule has 2 nitrogen and oxygen atoms in total. The average Bonchev–Trinajstić information content (AvgIpc) is 2.33. The largest absolute Gasteiger partial charge is 0.388 e. The van der Waals surface area contributed by atoms with Crippen molar-refractivity contribution in [2.24, 2.45) is 5.92 Å². The number of hydrogen-bond acceptors (Lipinski definition) is 2. The highest BCUT2D eigenvalue weighted by Crippen LogP contribution is 2.32. The Labute approximate surface area is 97.3 Å². The smallest absolute Gasteiger partial charge is 0.0822 e. The molecule has 88 valence electrons. The van der Waals surface area contributed by atoms with Crippen LogP contribution < -0.4 is 0 Å². The molecule has 1 aliphatic heterocycles. The Hall–Kier alpha value is -0.860. The third-order valence-corrected chi connectivity index (χ3v) is 3.68. The lowest BCUT2D eigenvalue weighted by atomic mass is 9.86. The Kier molecular flexibility index (Phi) is 3.62. The molecule has 16 heavy (non-hydrogen) atoms. The van der Waals surface area contributed by atoms with E-state index in [0.717, 1.165) is 31.6 Å². The zero-order valence-electron chi connectivity index (χ0n) is 10.1. The van der Waals surface area contributed by atoms with Crippen LogP contribution >= 0.6 is 0 Å². The number of rotatable bonds is 2. The fraction of sp³-hybridized carbons (Fsp3) is 0.571. The normalized spacial score (nSPS) is 19.7. The molecule has 1 unspecified atom stereocenters. The van der Waals surface area contributed by atoms with Crippen molar-refractivity contribution in [2.75, 3.05) is 13.2 Å².